The van der Waals surface area contributed by atoms with Gasteiger partial charge in [-0.05, 0) is 61.1 Å². The molecule has 0 saturated carbocycles. The number of halogens is 1. The molecule has 0 aromatic heterocycles. The molecule has 0 spiro atoms. The van der Waals surface area contributed by atoms with E-state index >= 15 is 0 Å². The lowest BCUT2D eigenvalue weighted by Crippen LogP contribution is -2.22. The Morgan fingerprint density at radius 3 is 2.77 bits per heavy atom. The van der Waals surface area contributed by atoms with Crippen LogP contribution in [-0.2, 0) is 17.6 Å². The zero-order valence-corrected chi connectivity index (χ0v) is 12.4. The number of carbonyl (C=O) groups excluding carboxylic acids is 1. The summed E-state index contributed by atoms with van der Waals surface area (Å²) in [6.07, 6.45) is 4.60. The molecule has 3 rings (SSSR count). The molecule has 1 aliphatic rings. The van der Waals surface area contributed by atoms with Crippen molar-refractivity contribution in [3.8, 4) is 0 Å². The highest BCUT2D eigenvalue weighted by Gasteiger charge is 2.13. The lowest BCUT2D eigenvalue weighted by molar-refractivity contribution is -0.114. The maximum atomic E-state index is 13.1. The summed E-state index contributed by atoms with van der Waals surface area (Å²) < 4.78 is 13.1. The van der Waals surface area contributed by atoms with Crippen LogP contribution in [0.5, 0.6) is 0 Å². The summed E-state index contributed by atoms with van der Waals surface area (Å²) in [4.78, 5) is 12.0. The van der Waals surface area contributed by atoms with Gasteiger partial charge in [-0.15, -0.1) is 0 Å². The molecule has 0 fully saturated rings. The summed E-state index contributed by atoms with van der Waals surface area (Å²) in [7, 11) is 0. The topological polar surface area (TPSA) is 41.1 Å². The molecule has 0 radical (unpaired) electrons. The number of nitrogens with one attached hydrogen (secondary N) is 2. The largest absolute Gasteiger partial charge is 0.376 e. The molecule has 2 aromatic rings. The van der Waals surface area contributed by atoms with E-state index in [1.54, 1.807) is 12.1 Å². The van der Waals surface area contributed by atoms with Gasteiger partial charge in [-0.2, -0.15) is 0 Å². The van der Waals surface area contributed by atoms with Crippen molar-refractivity contribution in [2.24, 2.45) is 0 Å². The molecule has 2 aromatic carbocycles. The smallest absolute Gasteiger partial charge is 0.243 e. The molecule has 1 aliphatic carbocycles. The summed E-state index contributed by atoms with van der Waals surface area (Å²) in [5.41, 5.74) is 4.21. The Labute approximate surface area is 129 Å². The molecular formula is C18H19FN2O. The standard InChI is InChI=1S/C18H19FN2O/c19-14-7-4-8-15(11-14)21-18(22)12-20-17-10-3-6-13-5-1-2-9-16(13)17/h3-4,6-8,10-11,20H,1-2,5,9,12H2,(H,21,22). The number of anilines is 2. The Balaban J connectivity index is 1.62. The second kappa shape index (κ2) is 6.60. The molecule has 0 atom stereocenters. The van der Waals surface area contributed by atoms with Crippen LogP contribution >= 0.6 is 0 Å². The van der Waals surface area contributed by atoms with Gasteiger partial charge in [0.2, 0.25) is 5.91 Å². The van der Waals surface area contributed by atoms with Gasteiger partial charge in [0, 0.05) is 11.4 Å². The molecule has 0 aliphatic heterocycles. The molecule has 4 heteroatoms. The number of rotatable bonds is 4. The minimum atomic E-state index is -0.358. The molecule has 0 bridgehead atoms. The average molecular weight is 298 g/mol. The van der Waals surface area contributed by atoms with Crippen LogP contribution in [-0.4, -0.2) is 12.5 Å². The Morgan fingerprint density at radius 2 is 1.91 bits per heavy atom. The van der Waals surface area contributed by atoms with Gasteiger partial charge >= 0.3 is 0 Å². The van der Waals surface area contributed by atoms with Crippen molar-refractivity contribution >= 4 is 17.3 Å². The van der Waals surface area contributed by atoms with Gasteiger partial charge in [0.1, 0.15) is 5.82 Å². The molecule has 1 amide bonds. The summed E-state index contributed by atoms with van der Waals surface area (Å²) in [5, 5.41) is 5.89. The fourth-order valence-electron chi connectivity index (χ4n) is 2.89. The molecule has 0 unspecified atom stereocenters. The second-order valence-electron chi connectivity index (χ2n) is 5.56. The van der Waals surface area contributed by atoms with Crippen LogP contribution in [0, 0.1) is 5.82 Å². The Hall–Kier alpha value is -2.36. The average Bonchev–Trinajstić information content (AvgIpc) is 2.53. The van der Waals surface area contributed by atoms with E-state index in [0.717, 1.165) is 18.5 Å². The Kier molecular flexibility index (Phi) is 4.37. The molecule has 0 saturated heterocycles. The van der Waals surface area contributed by atoms with Crippen LogP contribution < -0.4 is 10.6 Å². The molecule has 0 heterocycles. The van der Waals surface area contributed by atoms with Crippen LogP contribution in [0.1, 0.15) is 24.0 Å². The first-order valence-corrected chi connectivity index (χ1v) is 7.62. The Bertz CT molecular complexity index is 685. The van der Waals surface area contributed by atoms with E-state index in [9.17, 15) is 9.18 Å². The predicted molar refractivity (Wildman–Crippen MR) is 86.6 cm³/mol. The monoisotopic (exact) mass is 298 g/mol. The highest BCUT2D eigenvalue weighted by atomic mass is 19.1. The predicted octanol–water partition coefficient (Wildman–Crippen LogP) is 3.76. The van der Waals surface area contributed by atoms with Crippen molar-refractivity contribution in [3.63, 3.8) is 0 Å². The first kappa shape index (κ1) is 14.6. The third-order valence-corrected chi connectivity index (χ3v) is 3.94. The summed E-state index contributed by atoms with van der Waals surface area (Å²) >= 11 is 0. The van der Waals surface area contributed by atoms with Crippen LogP contribution in [0.15, 0.2) is 42.5 Å². The number of aryl methyl sites for hydroxylation is 1. The van der Waals surface area contributed by atoms with Crippen LogP contribution in [0.25, 0.3) is 0 Å². The third-order valence-electron chi connectivity index (χ3n) is 3.94. The zero-order valence-electron chi connectivity index (χ0n) is 12.4. The normalized spacial score (nSPS) is 13.3. The molecule has 2 N–H and O–H groups in total. The highest BCUT2D eigenvalue weighted by molar-refractivity contribution is 5.93. The minimum absolute atomic E-state index is 0.174. The number of fused-ring (bicyclic) bond motifs is 1. The van der Waals surface area contributed by atoms with Crippen LogP contribution in [0.3, 0.4) is 0 Å². The second-order valence-corrected chi connectivity index (χ2v) is 5.56. The lowest BCUT2D eigenvalue weighted by Gasteiger charge is -2.20. The van der Waals surface area contributed by atoms with Crippen molar-refractivity contribution in [3.05, 3.63) is 59.4 Å². The highest BCUT2D eigenvalue weighted by Crippen LogP contribution is 2.27. The van der Waals surface area contributed by atoms with Crippen LogP contribution in [0.2, 0.25) is 0 Å². The first-order chi connectivity index (χ1) is 10.7. The molecular weight excluding hydrogens is 279 g/mol. The maximum absolute atomic E-state index is 13.1. The van der Waals surface area contributed by atoms with Crippen molar-refractivity contribution < 1.29 is 9.18 Å². The summed E-state index contributed by atoms with van der Waals surface area (Å²) in [6.45, 7) is 0.174. The maximum Gasteiger partial charge on any atom is 0.243 e. The number of hydrogen-bond acceptors (Lipinski definition) is 2. The number of amides is 1. The number of hydrogen-bond donors (Lipinski definition) is 2. The van der Waals surface area contributed by atoms with Gasteiger partial charge in [-0.1, -0.05) is 18.2 Å². The SMILES string of the molecule is O=C(CNc1cccc2c1CCCC2)Nc1cccc(F)c1. The minimum Gasteiger partial charge on any atom is -0.376 e. The van der Waals surface area contributed by atoms with Gasteiger partial charge in [0.15, 0.2) is 0 Å². The van der Waals surface area contributed by atoms with Gasteiger partial charge in [0.25, 0.3) is 0 Å². The summed E-state index contributed by atoms with van der Waals surface area (Å²) in [5.74, 6) is -0.540. The van der Waals surface area contributed by atoms with E-state index < -0.39 is 0 Å². The number of carbonyl (C=O) groups is 1. The quantitative estimate of drug-likeness (QED) is 0.902. The van der Waals surface area contributed by atoms with Crippen LogP contribution in [0.4, 0.5) is 15.8 Å². The van der Waals surface area contributed by atoms with E-state index in [0.29, 0.717) is 5.69 Å². The van der Waals surface area contributed by atoms with Crippen molar-refractivity contribution in [1.82, 2.24) is 0 Å². The lowest BCUT2D eigenvalue weighted by atomic mass is 9.90. The Morgan fingerprint density at radius 1 is 1.09 bits per heavy atom. The van der Waals surface area contributed by atoms with E-state index in [-0.39, 0.29) is 18.3 Å². The van der Waals surface area contributed by atoms with E-state index in [4.69, 9.17) is 0 Å². The number of benzene rings is 2. The van der Waals surface area contributed by atoms with Crippen molar-refractivity contribution in [2.75, 3.05) is 17.2 Å². The fraction of sp³-hybridized carbons (Fsp3) is 0.278. The van der Waals surface area contributed by atoms with Crippen molar-refractivity contribution in [2.45, 2.75) is 25.7 Å². The van der Waals surface area contributed by atoms with E-state index in [2.05, 4.69) is 16.7 Å². The van der Waals surface area contributed by atoms with Gasteiger partial charge in [-0.3, -0.25) is 4.79 Å². The third kappa shape index (κ3) is 3.45. The van der Waals surface area contributed by atoms with Gasteiger partial charge < -0.3 is 10.6 Å². The van der Waals surface area contributed by atoms with E-state index in [1.165, 1.54) is 36.1 Å². The van der Waals surface area contributed by atoms with Gasteiger partial charge in [-0.25, -0.2) is 4.39 Å². The molecule has 22 heavy (non-hydrogen) atoms. The van der Waals surface area contributed by atoms with E-state index in [1.807, 2.05) is 12.1 Å². The van der Waals surface area contributed by atoms with Gasteiger partial charge in [0.05, 0.1) is 6.54 Å². The van der Waals surface area contributed by atoms with Crippen molar-refractivity contribution in [1.29, 1.82) is 0 Å². The zero-order chi connectivity index (χ0) is 15.4. The fourth-order valence-corrected chi connectivity index (χ4v) is 2.89. The molecule has 3 nitrogen and oxygen atoms in total. The molecule has 114 valence electrons. The summed E-state index contributed by atoms with van der Waals surface area (Å²) in [6, 6.07) is 12.1. The first-order valence-electron chi connectivity index (χ1n) is 7.62.